The van der Waals surface area contributed by atoms with Gasteiger partial charge in [0.25, 0.3) is 5.91 Å². The van der Waals surface area contributed by atoms with Gasteiger partial charge in [0.1, 0.15) is 6.54 Å². The van der Waals surface area contributed by atoms with E-state index in [1.165, 1.54) is 0 Å². The molecule has 1 amide bonds. The Labute approximate surface area is 162 Å². The zero-order valence-corrected chi connectivity index (χ0v) is 18.0. The number of nitrogens with zero attached hydrogens (tertiary/aromatic N) is 1. The number of amides is 1. The molecular weight excluding hydrogens is 366 g/mol. The van der Waals surface area contributed by atoms with E-state index in [4.69, 9.17) is 0 Å². The van der Waals surface area contributed by atoms with Crippen molar-refractivity contribution >= 4 is 21.5 Å². The van der Waals surface area contributed by atoms with Gasteiger partial charge >= 0.3 is 0 Å². The van der Waals surface area contributed by atoms with E-state index in [0.29, 0.717) is 12.0 Å². The summed E-state index contributed by atoms with van der Waals surface area (Å²) < 4.78 is 25.6. The Morgan fingerprint density at radius 2 is 1.89 bits per heavy atom. The molecule has 0 aliphatic carbocycles. The summed E-state index contributed by atoms with van der Waals surface area (Å²) in [7, 11) is -1.17. The summed E-state index contributed by atoms with van der Waals surface area (Å²) in [4.78, 5) is 25.6. The number of quaternary nitrogens is 1. The van der Waals surface area contributed by atoms with Crippen LogP contribution < -0.4 is 10.2 Å². The highest BCUT2D eigenvalue weighted by Gasteiger charge is 2.32. The number of likely N-dealkylation sites (N-methyl/N-ethyl adjacent to an activating group) is 1. The molecule has 1 aromatic heterocycles. The zero-order chi connectivity index (χ0) is 20.6. The fourth-order valence-corrected chi connectivity index (χ4v) is 5.47. The van der Waals surface area contributed by atoms with Gasteiger partial charge in [0.15, 0.2) is 16.4 Å². The summed E-state index contributed by atoms with van der Waals surface area (Å²) in [5.41, 5.74) is 2.04. The second-order valence-corrected chi connectivity index (χ2v) is 11.0. The molecule has 0 bridgehead atoms. The minimum absolute atomic E-state index is 0.0312. The topological polar surface area (TPSA) is 89.7 Å². The van der Waals surface area contributed by atoms with Crippen molar-refractivity contribution in [1.29, 1.82) is 0 Å². The summed E-state index contributed by atoms with van der Waals surface area (Å²) in [6.07, 6.45) is 0.588. The molecule has 1 aliphatic heterocycles. The molecule has 1 fully saturated rings. The maximum atomic E-state index is 12.8. The van der Waals surface area contributed by atoms with Crippen molar-refractivity contribution in [2.45, 2.75) is 52.6 Å². The van der Waals surface area contributed by atoms with Gasteiger partial charge in [0.05, 0.1) is 18.6 Å². The number of Topliss-reactive ketones (excluding diaryl/α,β-unsaturated/α-hetero) is 1. The van der Waals surface area contributed by atoms with Gasteiger partial charge in [-0.1, -0.05) is 0 Å². The van der Waals surface area contributed by atoms with Crippen LogP contribution in [0, 0.1) is 13.8 Å². The molecule has 152 valence electrons. The molecule has 1 unspecified atom stereocenters. The predicted molar refractivity (Wildman–Crippen MR) is 105 cm³/mol. The molecule has 27 heavy (non-hydrogen) atoms. The second-order valence-electron chi connectivity index (χ2n) is 8.74. The van der Waals surface area contributed by atoms with Gasteiger partial charge in [-0.05, 0) is 47.1 Å². The number of carbonyl (C=O) groups is 2. The molecule has 1 aromatic rings. The first kappa shape index (κ1) is 21.6. The van der Waals surface area contributed by atoms with E-state index in [1.807, 2.05) is 52.3 Å². The van der Waals surface area contributed by atoms with Crippen LogP contribution in [0.25, 0.3) is 0 Å². The van der Waals surface area contributed by atoms with Crippen LogP contribution in [0.5, 0.6) is 0 Å². The van der Waals surface area contributed by atoms with E-state index in [1.54, 1.807) is 0 Å². The van der Waals surface area contributed by atoms with Crippen LogP contribution in [0.15, 0.2) is 6.07 Å². The Morgan fingerprint density at radius 3 is 2.41 bits per heavy atom. The lowest BCUT2D eigenvalue weighted by Gasteiger charge is -2.21. The number of ketones is 1. The Morgan fingerprint density at radius 1 is 1.26 bits per heavy atom. The molecule has 2 atom stereocenters. The van der Waals surface area contributed by atoms with Crippen LogP contribution >= 0.6 is 0 Å². The van der Waals surface area contributed by atoms with Gasteiger partial charge in [-0.2, -0.15) is 0 Å². The van der Waals surface area contributed by atoms with Crippen LogP contribution in [-0.2, 0) is 14.6 Å². The van der Waals surface area contributed by atoms with E-state index in [-0.39, 0.29) is 47.9 Å². The first-order chi connectivity index (χ1) is 12.3. The summed E-state index contributed by atoms with van der Waals surface area (Å²) in [6.45, 7) is 9.97. The first-order valence-electron chi connectivity index (χ1n) is 9.33. The van der Waals surface area contributed by atoms with Crippen LogP contribution in [0.4, 0.5) is 0 Å². The highest BCUT2D eigenvalue weighted by Crippen LogP contribution is 2.29. The van der Waals surface area contributed by atoms with Gasteiger partial charge < -0.3 is 14.8 Å². The summed E-state index contributed by atoms with van der Waals surface area (Å²) in [6, 6.07) is 1.74. The van der Waals surface area contributed by atoms with Gasteiger partial charge in [0, 0.05) is 28.5 Å². The number of aromatic nitrogens is 1. The summed E-state index contributed by atoms with van der Waals surface area (Å²) in [5.74, 6) is 0.216. The third-order valence-corrected chi connectivity index (χ3v) is 6.55. The lowest BCUT2D eigenvalue weighted by Crippen LogP contribution is -3.11. The second kappa shape index (κ2) is 7.75. The maximum Gasteiger partial charge on any atom is 0.275 e. The highest BCUT2D eigenvalue weighted by molar-refractivity contribution is 7.91. The van der Waals surface area contributed by atoms with Crippen molar-refractivity contribution in [1.82, 2.24) is 9.88 Å². The van der Waals surface area contributed by atoms with Crippen LogP contribution in [0.3, 0.4) is 0 Å². The number of sulfone groups is 1. The minimum Gasteiger partial charge on any atom is -0.347 e. The molecule has 7 nitrogen and oxygen atoms in total. The minimum atomic E-state index is -2.99. The van der Waals surface area contributed by atoms with Crippen molar-refractivity contribution in [3.05, 3.63) is 23.0 Å². The van der Waals surface area contributed by atoms with Crippen LogP contribution in [0.2, 0.25) is 0 Å². The van der Waals surface area contributed by atoms with Gasteiger partial charge in [-0.15, -0.1) is 0 Å². The normalized spacial score (nSPS) is 20.4. The lowest BCUT2D eigenvalue weighted by molar-refractivity contribution is -0.862. The molecule has 8 heteroatoms. The lowest BCUT2D eigenvalue weighted by atomic mass is 10.1. The van der Waals surface area contributed by atoms with Crippen molar-refractivity contribution in [2.24, 2.45) is 0 Å². The fraction of sp³-hybridized carbons (Fsp3) is 0.684. The standard InChI is InChI=1S/C19H31N3O4S/c1-13-9-16(14(2)22(13)15-7-8-27(25,26)12-15)17(23)10-21(6)11-18(24)20-19(3,4)5/h9,15H,7-8,10-12H2,1-6H3,(H,20,24)/p+1/t15-/m0/s1. The van der Waals surface area contributed by atoms with E-state index >= 15 is 0 Å². The summed E-state index contributed by atoms with van der Waals surface area (Å²) >= 11 is 0. The van der Waals surface area contributed by atoms with E-state index in [9.17, 15) is 18.0 Å². The Kier molecular flexibility index (Phi) is 6.21. The van der Waals surface area contributed by atoms with Crippen molar-refractivity contribution in [2.75, 3.05) is 31.6 Å². The maximum absolute atomic E-state index is 12.8. The van der Waals surface area contributed by atoms with Crippen LogP contribution in [0.1, 0.15) is 55.0 Å². The van der Waals surface area contributed by atoms with Gasteiger partial charge in [-0.3, -0.25) is 9.59 Å². The Hall–Kier alpha value is -1.67. The van der Waals surface area contributed by atoms with E-state index < -0.39 is 9.84 Å². The molecule has 1 saturated heterocycles. The third kappa shape index (κ3) is 5.65. The molecule has 0 saturated carbocycles. The predicted octanol–water partition coefficient (Wildman–Crippen LogP) is 0.0766. The van der Waals surface area contributed by atoms with Crippen LogP contribution in [-0.4, -0.2) is 61.9 Å². The molecule has 0 aromatic carbocycles. The number of hydrogen-bond acceptors (Lipinski definition) is 4. The molecule has 2 N–H and O–H groups in total. The zero-order valence-electron chi connectivity index (χ0n) is 17.2. The largest absolute Gasteiger partial charge is 0.347 e. The number of hydrogen-bond donors (Lipinski definition) is 2. The number of nitrogens with one attached hydrogen (secondary N) is 2. The van der Waals surface area contributed by atoms with Crippen molar-refractivity contribution in [3.8, 4) is 0 Å². The number of carbonyl (C=O) groups excluding carboxylic acids is 2. The Bertz CT molecular complexity index is 834. The average molecular weight is 399 g/mol. The highest BCUT2D eigenvalue weighted by atomic mass is 32.2. The van der Waals surface area contributed by atoms with E-state index in [0.717, 1.165) is 16.3 Å². The monoisotopic (exact) mass is 398 g/mol. The van der Waals surface area contributed by atoms with Crippen molar-refractivity contribution in [3.63, 3.8) is 0 Å². The van der Waals surface area contributed by atoms with Crippen molar-refractivity contribution < 1.29 is 22.9 Å². The molecule has 1 aliphatic rings. The third-order valence-electron chi connectivity index (χ3n) is 4.80. The summed E-state index contributed by atoms with van der Waals surface area (Å²) in [5, 5.41) is 2.90. The quantitative estimate of drug-likeness (QED) is 0.664. The number of rotatable bonds is 6. The molecule has 2 rings (SSSR count). The molecular formula is C19H32N3O4S+. The van der Waals surface area contributed by atoms with E-state index in [2.05, 4.69) is 5.32 Å². The fourth-order valence-electron chi connectivity index (χ4n) is 3.77. The average Bonchev–Trinajstić information content (AvgIpc) is 2.95. The first-order valence-corrected chi connectivity index (χ1v) is 11.2. The Balaban J connectivity index is 2.07. The molecule has 2 heterocycles. The molecule has 0 spiro atoms. The van der Waals surface area contributed by atoms with Gasteiger partial charge in [-0.25, -0.2) is 8.42 Å². The smallest absolute Gasteiger partial charge is 0.275 e. The van der Waals surface area contributed by atoms with Gasteiger partial charge in [0.2, 0.25) is 5.78 Å². The SMILES string of the molecule is Cc1cc(C(=O)C[NH+](C)CC(=O)NC(C)(C)C)c(C)n1[C@H]1CCS(=O)(=O)C1. The number of aryl methyl sites for hydroxylation is 1. The molecule has 0 radical (unpaired) electrons.